The molecular formula is C18H21ClN2O3. The molecule has 1 fully saturated rings. The summed E-state index contributed by atoms with van der Waals surface area (Å²) in [5, 5.41) is 4.02. The second-order valence-corrected chi connectivity index (χ2v) is 6.44. The number of ether oxygens (including phenoxy) is 1. The zero-order valence-corrected chi connectivity index (χ0v) is 14.7. The van der Waals surface area contributed by atoms with E-state index in [1.54, 1.807) is 14.0 Å². The van der Waals surface area contributed by atoms with Gasteiger partial charge in [-0.1, -0.05) is 23.4 Å². The van der Waals surface area contributed by atoms with Crippen molar-refractivity contribution < 1.29 is 14.1 Å². The number of amides is 1. The van der Waals surface area contributed by atoms with E-state index in [0.717, 1.165) is 37.1 Å². The number of likely N-dealkylation sites (tertiary alicyclic amines) is 1. The van der Waals surface area contributed by atoms with Crippen LogP contribution in [0.3, 0.4) is 0 Å². The summed E-state index contributed by atoms with van der Waals surface area (Å²) >= 11 is 5.99. The van der Waals surface area contributed by atoms with E-state index in [4.69, 9.17) is 20.9 Å². The van der Waals surface area contributed by atoms with Crippen molar-refractivity contribution in [1.29, 1.82) is 0 Å². The summed E-state index contributed by atoms with van der Waals surface area (Å²) in [6, 6.07) is 8.15. The van der Waals surface area contributed by atoms with Crippen LogP contribution in [0.25, 0.3) is 0 Å². The van der Waals surface area contributed by atoms with E-state index < -0.39 is 0 Å². The third kappa shape index (κ3) is 3.41. The van der Waals surface area contributed by atoms with Crippen LogP contribution >= 0.6 is 11.6 Å². The Morgan fingerprint density at radius 2 is 2.25 bits per heavy atom. The van der Waals surface area contributed by atoms with Crippen molar-refractivity contribution in [3.05, 3.63) is 46.3 Å². The molecule has 0 bridgehead atoms. The van der Waals surface area contributed by atoms with Crippen molar-refractivity contribution in [2.75, 3.05) is 13.7 Å². The molecule has 1 aromatic carbocycles. The maximum atomic E-state index is 12.7. The number of aromatic nitrogens is 1. The smallest absolute Gasteiger partial charge is 0.229 e. The molecule has 1 aromatic heterocycles. The number of aryl methyl sites for hydroxylation is 1. The zero-order chi connectivity index (χ0) is 17.1. The zero-order valence-electron chi connectivity index (χ0n) is 13.9. The third-order valence-electron chi connectivity index (χ3n) is 4.61. The summed E-state index contributed by atoms with van der Waals surface area (Å²) in [7, 11) is 1.67. The molecule has 0 saturated carbocycles. The lowest BCUT2D eigenvalue weighted by molar-refractivity contribution is -0.131. The van der Waals surface area contributed by atoms with Crippen molar-refractivity contribution in [3.8, 4) is 5.75 Å². The summed E-state index contributed by atoms with van der Waals surface area (Å²) in [5.74, 6) is 0.940. The minimum atomic E-state index is 0.0700. The molecule has 0 spiro atoms. The van der Waals surface area contributed by atoms with Gasteiger partial charge in [0.2, 0.25) is 11.1 Å². The fourth-order valence-corrected chi connectivity index (χ4v) is 3.55. The molecule has 2 heterocycles. The Hall–Kier alpha value is -2.01. The number of nitrogens with zero attached hydrogens (tertiary/aromatic N) is 2. The van der Waals surface area contributed by atoms with Crippen molar-refractivity contribution in [3.63, 3.8) is 0 Å². The second kappa shape index (κ2) is 7.26. The Morgan fingerprint density at radius 3 is 2.96 bits per heavy atom. The Kier molecular flexibility index (Phi) is 5.09. The van der Waals surface area contributed by atoms with Gasteiger partial charge >= 0.3 is 0 Å². The molecule has 3 rings (SSSR count). The molecule has 1 aliphatic rings. The molecule has 6 heteroatoms. The first kappa shape index (κ1) is 16.8. The van der Waals surface area contributed by atoms with E-state index in [9.17, 15) is 4.79 Å². The molecule has 1 amide bonds. The van der Waals surface area contributed by atoms with Crippen LogP contribution in [0.4, 0.5) is 0 Å². The molecule has 0 radical (unpaired) electrons. The standard InChI is InChI=1S/C18H21ClN2O3/c1-12-15(18(19)24-20-12)11-17(22)21-9-5-7-14(21)10-13-6-3-4-8-16(13)23-2/h3-4,6,8,14H,5,7,9-11H2,1-2H3/t14-/m1/s1. The van der Waals surface area contributed by atoms with Crippen LogP contribution in [0.2, 0.25) is 5.22 Å². The van der Waals surface area contributed by atoms with E-state index in [0.29, 0.717) is 11.3 Å². The summed E-state index contributed by atoms with van der Waals surface area (Å²) in [5.41, 5.74) is 2.49. The van der Waals surface area contributed by atoms with Gasteiger partial charge in [0.1, 0.15) is 5.75 Å². The van der Waals surface area contributed by atoms with Gasteiger partial charge in [0.15, 0.2) is 0 Å². The fraction of sp³-hybridized carbons (Fsp3) is 0.444. The summed E-state index contributed by atoms with van der Waals surface area (Å²) < 4.78 is 10.4. The number of carbonyl (C=O) groups is 1. The number of benzene rings is 1. The topological polar surface area (TPSA) is 55.6 Å². The van der Waals surface area contributed by atoms with Crippen LogP contribution in [0.1, 0.15) is 29.7 Å². The maximum Gasteiger partial charge on any atom is 0.229 e. The fourth-order valence-electron chi connectivity index (χ4n) is 3.31. The average molecular weight is 349 g/mol. The summed E-state index contributed by atoms with van der Waals surface area (Å²) in [6.45, 7) is 2.58. The number of methoxy groups -OCH3 is 1. The highest BCUT2D eigenvalue weighted by molar-refractivity contribution is 6.29. The van der Waals surface area contributed by atoms with E-state index >= 15 is 0 Å². The van der Waals surface area contributed by atoms with Crippen LogP contribution in [0.5, 0.6) is 5.75 Å². The molecule has 1 atom stereocenters. The lowest BCUT2D eigenvalue weighted by Gasteiger charge is -2.25. The van der Waals surface area contributed by atoms with E-state index in [-0.39, 0.29) is 23.6 Å². The Labute approximate surface area is 146 Å². The van der Waals surface area contributed by atoms with Gasteiger partial charge in [-0.25, -0.2) is 0 Å². The SMILES string of the molecule is COc1ccccc1C[C@H]1CCCN1C(=O)Cc1c(C)noc1Cl. The molecule has 0 aliphatic carbocycles. The van der Waals surface area contributed by atoms with Crippen LogP contribution in [-0.4, -0.2) is 35.7 Å². The number of rotatable bonds is 5. The minimum absolute atomic E-state index is 0.0700. The summed E-state index contributed by atoms with van der Waals surface area (Å²) in [6.07, 6.45) is 3.05. The largest absolute Gasteiger partial charge is 0.496 e. The molecule has 1 aliphatic heterocycles. The highest BCUT2D eigenvalue weighted by Gasteiger charge is 2.30. The highest BCUT2D eigenvalue weighted by Crippen LogP contribution is 2.27. The number of hydrogen-bond acceptors (Lipinski definition) is 4. The third-order valence-corrected chi connectivity index (χ3v) is 4.91. The van der Waals surface area contributed by atoms with Crippen molar-refractivity contribution in [2.24, 2.45) is 0 Å². The van der Waals surface area contributed by atoms with Gasteiger partial charge in [-0.05, 0) is 49.4 Å². The predicted octanol–water partition coefficient (Wildman–Crippen LogP) is 3.42. The molecule has 0 unspecified atom stereocenters. The number of halogens is 1. The monoisotopic (exact) mass is 348 g/mol. The molecule has 5 nitrogen and oxygen atoms in total. The lowest BCUT2D eigenvalue weighted by atomic mass is 10.0. The van der Waals surface area contributed by atoms with Crippen LogP contribution in [-0.2, 0) is 17.6 Å². The van der Waals surface area contributed by atoms with Gasteiger partial charge < -0.3 is 14.2 Å². The molecule has 1 saturated heterocycles. The van der Waals surface area contributed by atoms with E-state index in [2.05, 4.69) is 11.2 Å². The molecule has 0 N–H and O–H groups in total. The maximum absolute atomic E-state index is 12.7. The van der Waals surface area contributed by atoms with Crippen molar-refractivity contribution in [2.45, 2.75) is 38.6 Å². The van der Waals surface area contributed by atoms with Crippen LogP contribution < -0.4 is 4.74 Å². The molecule has 2 aromatic rings. The van der Waals surface area contributed by atoms with Crippen molar-refractivity contribution >= 4 is 17.5 Å². The predicted molar refractivity (Wildman–Crippen MR) is 91.4 cm³/mol. The number of para-hydroxylation sites is 1. The first-order valence-corrected chi connectivity index (χ1v) is 8.50. The van der Waals surface area contributed by atoms with Crippen LogP contribution in [0.15, 0.2) is 28.8 Å². The van der Waals surface area contributed by atoms with E-state index in [1.165, 1.54) is 0 Å². The number of carbonyl (C=O) groups excluding carboxylic acids is 1. The lowest BCUT2D eigenvalue weighted by Crippen LogP contribution is -2.38. The van der Waals surface area contributed by atoms with Gasteiger partial charge in [-0.2, -0.15) is 0 Å². The Balaban J connectivity index is 1.72. The first-order chi connectivity index (χ1) is 11.6. The van der Waals surface area contributed by atoms with E-state index in [1.807, 2.05) is 23.1 Å². The first-order valence-electron chi connectivity index (χ1n) is 8.12. The minimum Gasteiger partial charge on any atom is -0.496 e. The highest BCUT2D eigenvalue weighted by atomic mass is 35.5. The Morgan fingerprint density at radius 1 is 1.46 bits per heavy atom. The van der Waals surface area contributed by atoms with Crippen LogP contribution in [0, 0.1) is 6.92 Å². The average Bonchev–Trinajstić information content (AvgIpc) is 3.17. The van der Waals surface area contributed by atoms with Gasteiger partial charge in [-0.15, -0.1) is 0 Å². The summed E-state index contributed by atoms with van der Waals surface area (Å²) in [4.78, 5) is 14.7. The molecule has 24 heavy (non-hydrogen) atoms. The quantitative estimate of drug-likeness (QED) is 0.830. The van der Waals surface area contributed by atoms with Gasteiger partial charge in [0.25, 0.3) is 0 Å². The molecule has 128 valence electrons. The van der Waals surface area contributed by atoms with Gasteiger partial charge in [0, 0.05) is 18.2 Å². The van der Waals surface area contributed by atoms with Gasteiger partial charge in [-0.3, -0.25) is 4.79 Å². The van der Waals surface area contributed by atoms with Gasteiger partial charge in [0.05, 0.1) is 19.2 Å². The molecular weight excluding hydrogens is 328 g/mol. The van der Waals surface area contributed by atoms with Crippen molar-refractivity contribution in [1.82, 2.24) is 10.1 Å². The normalized spacial score (nSPS) is 17.3. The second-order valence-electron chi connectivity index (χ2n) is 6.10. The number of hydrogen-bond donors (Lipinski definition) is 0. The Bertz CT molecular complexity index is 709.